The van der Waals surface area contributed by atoms with Crippen LogP contribution in [0.2, 0.25) is 0 Å². The van der Waals surface area contributed by atoms with Crippen LogP contribution in [0.4, 0.5) is 5.69 Å². The zero-order valence-electron chi connectivity index (χ0n) is 15.9. The van der Waals surface area contributed by atoms with E-state index >= 15 is 0 Å². The monoisotopic (exact) mass is 451 g/mol. The van der Waals surface area contributed by atoms with Gasteiger partial charge in [-0.15, -0.1) is 0 Å². The van der Waals surface area contributed by atoms with E-state index in [1.165, 1.54) is 36.4 Å². The number of nitrogens with one attached hydrogen (secondary N) is 1. The van der Waals surface area contributed by atoms with Crippen molar-refractivity contribution in [3.63, 3.8) is 0 Å². The summed E-state index contributed by atoms with van der Waals surface area (Å²) in [5.74, 6) is -0.595. The molecule has 0 atom stereocenters. The molecule has 2 aromatic carbocycles. The molecule has 1 fully saturated rings. The lowest BCUT2D eigenvalue weighted by Gasteiger charge is -2.24. The maximum atomic E-state index is 12.5. The fourth-order valence-electron chi connectivity index (χ4n) is 3.07. The molecule has 1 aliphatic heterocycles. The number of hydrogen-bond donors (Lipinski definition) is 2. The minimum absolute atomic E-state index is 0.00716. The summed E-state index contributed by atoms with van der Waals surface area (Å²) in [6, 6.07) is 11.4. The number of imide groups is 1. The van der Waals surface area contributed by atoms with Gasteiger partial charge in [0.05, 0.1) is 15.5 Å². The lowest BCUT2D eigenvalue weighted by molar-refractivity contribution is -0.129. The summed E-state index contributed by atoms with van der Waals surface area (Å²) in [6.07, 6.45) is 1.44. The summed E-state index contributed by atoms with van der Waals surface area (Å²) in [4.78, 5) is 25.0. The lowest BCUT2D eigenvalue weighted by Crippen LogP contribution is -2.40. The Morgan fingerprint density at radius 2 is 1.37 bits per heavy atom. The summed E-state index contributed by atoms with van der Waals surface area (Å²) in [7, 11) is -7.57. The van der Waals surface area contributed by atoms with Gasteiger partial charge in [-0.1, -0.05) is 12.1 Å². The molecular formula is C19H21N3O6S2. The van der Waals surface area contributed by atoms with Crippen LogP contribution in [0.15, 0.2) is 58.3 Å². The second-order valence-electron chi connectivity index (χ2n) is 6.81. The standard InChI is InChI=1S/C19H21N3O6S2/c20-29(25,26)16-8-4-14(5-9-16)12-13-21-30(27,28)17-10-6-15(7-11-17)22-18(23)2-1-3-19(22)24/h4-11,21H,1-3,12-13H2,(H2,20,25,26). The Labute approximate surface area is 175 Å². The topological polar surface area (TPSA) is 144 Å². The van der Waals surface area contributed by atoms with E-state index in [4.69, 9.17) is 5.14 Å². The van der Waals surface area contributed by atoms with Gasteiger partial charge in [0.25, 0.3) is 0 Å². The molecule has 0 aromatic heterocycles. The molecule has 1 heterocycles. The predicted molar refractivity (Wildman–Crippen MR) is 109 cm³/mol. The van der Waals surface area contributed by atoms with Crippen molar-refractivity contribution in [2.45, 2.75) is 35.5 Å². The average Bonchev–Trinajstić information content (AvgIpc) is 2.68. The number of rotatable bonds is 7. The predicted octanol–water partition coefficient (Wildman–Crippen LogP) is 0.899. The van der Waals surface area contributed by atoms with Gasteiger partial charge >= 0.3 is 0 Å². The molecule has 0 unspecified atom stereocenters. The van der Waals surface area contributed by atoms with Crippen molar-refractivity contribution in [3.8, 4) is 0 Å². The number of amides is 2. The third-order valence-corrected chi connectivity index (χ3v) is 7.05. The first-order valence-electron chi connectivity index (χ1n) is 9.15. The smallest absolute Gasteiger partial charge is 0.240 e. The minimum Gasteiger partial charge on any atom is -0.274 e. The SMILES string of the molecule is NS(=O)(=O)c1ccc(CCNS(=O)(=O)c2ccc(N3C(=O)CCCC3=O)cc2)cc1. The van der Waals surface area contributed by atoms with Crippen molar-refractivity contribution in [2.24, 2.45) is 5.14 Å². The lowest BCUT2D eigenvalue weighted by atomic mass is 10.1. The van der Waals surface area contributed by atoms with Crippen LogP contribution in [0, 0.1) is 0 Å². The number of nitrogens with two attached hydrogens (primary N) is 1. The van der Waals surface area contributed by atoms with Crippen molar-refractivity contribution in [1.29, 1.82) is 0 Å². The number of carbonyl (C=O) groups excluding carboxylic acids is 2. The highest BCUT2D eigenvalue weighted by Crippen LogP contribution is 2.23. The van der Waals surface area contributed by atoms with Gasteiger partial charge in [0.15, 0.2) is 0 Å². The van der Waals surface area contributed by atoms with Crippen LogP contribution >= 0.6 is 0 Å². The number of carbonyl (C=O) groups is 2. The number of anilines is 1. The van der Waals surface area contributed by atoms with E-state index in [9.17, 15) is 26.4 Å². The van der Waals surface area contributed by atoms with Crippen molar-refractivity contribution < 1.29 is 26.4 Å². The van der Waals surface area contributed by atoms with E-state index in [0.29, 0.717) is 18.5 Å². The molecule has 0 bridgehead atoms. The molecule has 3 N–H and O–H groups in total. The highest BCUT2D eigenvalue weighted by Gasteiger charge is 2.27. The van der Waals surface area contributed by atoms with Crippen molar-refractivity contribution in [1.82, 2.24) is 4.72 Å². The van der Waals surface area contributed by atoms with Crippen LogP contribution in [-0.2, 0) is 36.1 Å². The normalized spacial score (nSPS) is 15.4. The van der Waals surface area contributed by atoms with Gasteiger partial charge < -0.3 is 0 Å². The second-order valence-corrected chi connectivity index (χ2v) is 10.1. The Balaban J connectivity index is 1.63. The van der Waals surface area contributed by atoms with Gasteiger partial charge in [0.1, 0.15) is 0 Å². The van der Waals surface area contributed by atoms with Crippen molar-refractivity contribution >= 4 is 37.5 Å². The van der Waals surface area contributed by atoms with Gasteiger partial charge in [-0.25, -0.2) is 26.7 Å². The minimum atomic E-state index is -3.79. The van der Waals surface area contributed by atoms with Gasteiger partial charge in [0, 0.05) is 19.4 Å². The molecule has 0 saturated carbocycles. The highest BCUT2D eigenvalue weighted by molar-refractivity contribution is 7.89. The molecule has 2 aromatic rings. The maximum Gasteiger partial charge on any atom is 0.240 e. The molecule has 1 saturated heterocycles. The van der Waals surface area contributed by atoms with Gasteiger partial charge in [-0.3, -0.25) is 14.5 Å². The number of piperidine rings is 1. The van der Waals surface area contributed by atoms with Gasteiger partial charge in [0.2, 0.25) is 31.9 Å². The van der Waals surface area contributed by atoms with Gasteiger partial charge in [-0.05, 0) is 54.8 Å². The average molecular weight is 452 g/mol. The van der Waals surface area contributed by atoms with Crippen LogP contribution in [0.5, 0.6) is 0 Å². The number of primary sulfonamides is 1. The molecule has 30 heavy (non-hydrogen) atoms. The molecule has 9 nitrogen and oxygen atoms in total. The first-order valence-corrected chi connectivity index (χ1v) is 12.2. The van der Waals surface area contributed by atoms with E-state index in [-0.39, 0.29) is 41.0 Å². The first-order chi connectivity index (χ1) is 14.1. The number of nitrogens with zero attached hydrogens (tertiary/aromatic N) is 1. The molecule has 1 aliphatic rings. The van der Waals surface area contributed by atoms with Gasteiger partial charge in [-0.2, -0.15) is 0 Å². The molecule has 160 valence electrons. The summed E-state index contributed by atoms with van der Waals surface area (Å²) in [5, 5.41) is 5.04. The quantitative estimate of drug-likeness (QED) is 0.599. The van der Waals surface area contributed by atoms with E-state index in [1.807, 2.05) is 0 Å². The third-order valence-electron chi connectivity index (χ3n) is 4.64. The fraction of sp³-hybridized carbons (Fsp3) is 0.263. The summed E-state index contributed by atoms with van der Waals surface area (Å²) < 4.78 is 49.9. The van der Waals surface area contributed by atoms with Crippen LogP contribution in [-0.4, -0.2) is 35.2 Å². The second kappa shape index (κ2) is 8.64. The molecule has 11 heteroatoms. The largest absolute Gasteiger partial charge is 0.274 e. The van der Waals surface area contributed by atoms with Crippen molar-refractivity contribution in [2.75, 3.05) is 11.4 Å². The van der Waals surface area contributed by atoms with E-state index < -0.39 is 20.0 Å². The zero-order chi connectivity index (χ0) is 21.9. The summed E-state index contributed by atoms with van der Waals surface area (Å²) >= 11 is 0. The third kappa shape index (κ3) is 5.11. The van der Waals surface area contributed by atoms with Crippen LogP contribution in [0.25, 0.3) is 0 Å². The molecule has 2 amide bonds. The van der Waals surface area contributed by atoms with Crippen LogP contribution in [0.1, 0.15) is 24.8 Å². The Bertz CT molecular complexity index is 1140. The molecule has 0 radical (unpaired) electrons. The summed E-state index contributed by atoms with van der Waals surface area (Å²) in [6.45, 7) is 0.0991. The summed E-state index contributed by atoms with van der Waals surface area (Å²) in [5.41, 5.74) is 1.08. The Kier molecular flexibility index (Phi) is 6.36. The maximum absolute atomic E-state index is 12.5. The number of benzene rings is 2. The number of hydrogen-bond acceptors (Lipinski definition) is 6. The first kappa shape index (κ1) is 22.1. The van der Waals surface area contributed by atoms with Crippen LogP contribution < -0.4 is 14.8 Å². The number of sulfonamides is 2. The molecule has 0 spiro atoms. The van der Waals surface area contributed by atoms with Crippen molar-refractivity contribution in [3.05, 3.63) is 54.1 Å². The Hall–Kier alpha value is -2.60. The Morgan fingerprint density at radius 3 is 1.90 bits per heavy atom. The molecule has 3 rings (SSSR count). The van der Waals surface area contributed by atoms with E-state index in [0.717, 1.165) is 10.5 Å². The zero-order valence-corrected chi connectivity index (χ0v) is 17.6. The Morgan fingerprint density at radius 1 is 0.833 bits per heavy atom. The molecular weight excluding hydrogens is 430 g/mol. The fourth-order valence-corrected chi connectivity index (χ4v) is 4.62. The molecule has 0 aliphatic carbocycles. The van der Waals surface area contributed by atoms with E-state index in [2.05, 4.69) is 4.72 Å². The van der Waals surface area contributed by atoms with Crippen LogP contribution in [0.3, 0.4) is 0 Å². The van der Waals surface area contributed by atoms with E-state index in [1.54, 1.807) is 12.1 Å². The highest BCUT2D eigenvalue weighted by atomic mass is 32.2.